The van der Waals surface area contributed by atoms with Crippen LogP contribution in [0.15, 0.2) is 24.3 Å². The van der Waals surface area contributed by atoms with Crippen LogP contribution in [0.2, 0.25) is 0 Å². The first-order chi connectivity index (χ1) is 5.18. The van der Waals surface area contributed by atoms with Crippen molar-refractivity contribution in [3.8, 4) is 5.75 Å². The van der Waals surface area contributed by atoms with Gasteiger partial charge in [-0.2, -0.15) is 0 Å². The molecule has 0 bridgehead atoms. The molecule has 0 N–H and O–H groups in total. The SMILES string of the molecule is Cc1ccc(OC(=S)[S-])cc1.[Na+]. The van der Waals surface area contributed by atoms with E-state index in [1.54, 1.807) is 0 Å². The Labute approximate surface area is 105 Å². The quantitative estimate of drug-likeness (QED) is 0.338. The predicted molar refractivity (Wildman–Crippen MR) is 51.8 cm³/mol. The second-order valence-corrected chi connectivity index (χ2v) is 3.17. The zero-order valence-corrected chi connectivity index (χ0v) is 10.7. The maximum atomic E-state index is 5.02. The van der Waals surface area contributed by atoms with Crippen molar-refractivity contribution in [3.63, 3.8) is 0 Å². The van der Waals surface area contributed by atoms with Crippen molar-refractivity contribution in [2.75, 3.05) is 0 Å². The van der Waals surface area contributed by atoms with Crippen LogP contribution in [0.5, 0.6) is 5.75 Å². The maximum absolute atomic E-state index is 5.02. The molecular formula is C8H7NaOS2. The van der Waals surface area contributed by atoms with Crippen LogP contribution in [0, 0.1) is 6.92 Å². The molecule has 0 radical (unpaired) electrons. The normalized spacial score (nSPS) is 8.42. The number of benzene rings is 1. The fraction of sp³-hybridized carbons (Fsp3) is 0.125. The second-order valence-electron chi connectivity index (χ2n) is 2.17. The van der Waals surface area contributed by atoms with E-state index in [1.807, 2.05) is 31.2 Å². The van der Waals surface area contributed by atoms with Gasteiger partial charge in [-0.25, -0.2) is 0 Å². The zero-order chi connectivity index (χ0) is 8.27. The van der Waals surface area contributed by atoms with E-state index in [9.17, 15) is 0 Å². The molecule has 12 heavy (non-hydrogen) atoms. The van der Waals surface area contributed by atoms with Gasteiger partial charge in [0.15, 0.2) is 0 Å². The van der Waals surface area contributed by atoms with E-state index >= 15 is 0 Å². The summed E-state index contributed by atoms with van der Waals surface area (Å²) in [6.07, 6.45) is 0. The molecule has 0 aliphatic rings. The molecule has 0 fully saturated rings. The third kappa shape index (κ3) is 4.38. The van der Waals surface area contributed by atoms with Crippen molar-refractivity contribution in [1.29, 1.82) is 0 Å². The Morgan fingerprint density at radius 1 is 1.33 bits per heavy atom. The third-order valence-electron chi connectivity index (χ3n) is 1.22. The summed E-state index contributed by atoms with van der Waals surface area (Å²) in [5.74, 6) is 0.704. The van der Waals surface area contributed by atoms with E-state index in [1.165, 1.54) is 5.56 Å². The third-order valence-corrected chi connectivity index (χ3v) is 1.39. The van der Waals surface area contributed by atoms with E-state index < -0.39 is 0 Å². The summed E-state index contributed by atoms with van der Waals surface area (Å²) >= 11 is 9.21. The Morgan fingerprint density at radius 3 is 2.25 bits per heavy atom. The Balaban J connectivity index is 0.00000121. The predicted octanol–water partition coefficient (Wildman–Crippen LogP) is -0.790. The first-order valence-electron chi connectivity index (χ1n) is 3.14. The second kappa shape index (κ2) is 5.89. The van der Waals surface area contributed by atoms with E-state index in [0.29, 0.717) is 5.75 Å². The van der Waals surface area contributed by atoms with Gasteiger partial charge < -0.3 is 29.6 Å². The van der Waals surface area contributed by atoms with Gasteiger partial charge in [-0.05, 0) is 19.1 Å². The Bertz CT molecular complexity index is 258. The van der Waals surface area contributed by atoms with Crippen molar-refractivity contribution in [2.24, 2.45) is 0 Å². The molecule has 0 unspecified atom stereocenters. The number of aryl methyl sites for hydroxylation is 1. The summed E-state index contributed by atoms with van der Waals surface area (Å²) in [6, 6.07) is 7.58. The van der Waals surface area contributed by atoms with Gasteiger partial charge in [-0.15, -0.1) is 0 Å². The number of rotatable bonds is 1. The van der Waals surface area contributed by atoms with Crippen molar-refractivity contribution in [3.05, 3.63) is 29.8 Å². The molecule has 0 heterocycles. The average Bonchev–Trinajstić information content (AvgIpc) is 1.93. The Hall–Kier alpha value is 0.330. The van der Waals surface area contributed by atoms with E-state index in [0.717, 1.165) is 0 Å². The minimum absolute atomic E-state index is 0. The molecule has 0 aliphatic heterocycles. The topological polar surface area (TPSA) is 9.23 Å². The minimum atomic E-state index is 0. The van der Waals surface area contributed by atoms with Crippen LogP contribution in [-0.2, 0) is 12.6 Å². The molecule has 0 atom stereocenters. The summed E-state index contributed by atoms with van der Waals surface area (Å²) in [6.45, 7) is 2.01. The summed E-state index contributed by atoms with van der Waals surface area (Å²) in [4.78, 5) is 0. The summed E-state index contributed by atoms with van der Waals surface area (Å²) in [5.41, 5.74) is 1.19. The van der Waals surface area contributed by atoms with Crippen LogP contribution in [0.4, 0.5) is 0 Å². The number of hydrogen-bond donors (Lipinski definition) is 0. The number of thiocarbonyl (C=S) groups is 1. The minimum Gasteiger partial charge on any atom is -0.477 e. The van der Waals surface area contributed by atoms with Gasteiger partial charge >= 0.3 is 29.6 Å². The molecule has 4 heteroatoms. The smallest absolute Gasteiger partial charge is 0.477 e. The van der Waals surface area contributed by atoms with Gasteiger partial charge in [0, 0.05) is 4.38 Å². The molecule has 0 amide bonds. The van der Waals surface area contributed by atoms with Gasteiger partial charge in [-0.1, -0.05) is 17.7 Å². The molecule has 1 nitrogen and oxygen atoms in total. The number of ether oxygens (including phenoxy) is 1. The van der Waals surface area contributed by atoms with Crippen LogP contribution in [0.3, 0.4) is 0 Å². The summed E-state index contributed by atoms with van der Waals surface area (Å²) in [7, 11) is 0. The Morgan fingerprint density at radius 2 is 1.83 bits per heavy atom. The molecule has 1 rings (SSSR count). The molecular weight excluding hydrogens is 199 g/mol. The van der Waals surface area contributed by atoms with Crippen molar-refractivity contribution in [1.82, 2.24) is 0 Å². The zero-order valence-electron chi connectivity index (χ0n) is 7.03. The molecule has 0 aromatic heterocycles. The fourth-order valence-electron chi connectivity index (χ4n) is 0.703. The molecule has 0 aliphatic carbocycles. The van der Waals surface area contributed by atoms with Crippen LogP contribution >= 0.6 is 12.2 Å². The Kier molecular flexibility index (Phi) is 6.05. The van der Waals surface area contributed by atoms with Crippen LogP contribution in [0.25, 0.3) is 0 Å². The average molecular weight is 206 g/mol. The van der Waals surface area contributed by atoms with Crippen LogP contribution in [-0.4, -0.2) is 4.38 Å². The van der Waals surface area contributed by atoms with E-state index in [2.05, 4.69) is 24.8 Å². The van der Waals surface area contributed by atoms with E-state index in [4.69, 9.17) is 4.74 Å². The largest absolute Gasteiger partial charge is 1.00 e. The summed E-state index contributed by atoms with van der Waals surface area (Å²) < 4.78 is 5.15. The van der Waals surface area contributed by atoms with Gasteiger partial charge in [0.2, 0.25) is 0 Å². The van der Waals surface area contributed by atoms with E-state index in [-0.39, 0.29) is 33.9 Å². The van der Waals surface area contributed by atoms with Gasteiger partial charge in [0.25, 0.3) is 0 Å². The molecule has 0 saturated heterocycles. The molecule has 58 valence electrons. The first kappa shape index (κ1) is 12.3. The molecule has 0 spiro atoms. The molecule has 0 saturated carbocycles. The van der Waals surface area contributed by atoms with Gasteiger partial charge in [-0.3, -0.25) is 0 Å². The maximum Gasteiger partial charge on any atom is 1.00 e. The monoisotopic (exact) mass is 206 g/mol. The van der Waals surface area contributed by atoms with Crippen LogP contribution < -0.4 is 34.3 Å². The van der Waals surface area contributed by atoms with Crippen LogP contribution in [0.1, 0.15) is 5.56 Å². The van der Waals surface area contributed by atoms with Crippen molar-refractivity contribution in [2.45, 2.75) is 6.92 Å². The van der Waals surface area contributed by atoms with Gasteiger partial charge in [0.05, 0.1) is 0 Å². The number of hydrogen-bond acceptors (Lipinski definition) is 3. The molecule has 1 aromatic carbocycles. The standard InChI is InChI=1S/C8H8OS2.Na/c1-6-2-4-7(5-3-6)9-8(10)11;/h2-5H,1H3,(H,10,11);/q;+1/p-1. The van der Waals surface area contributed by atoms with Gasteiger partial charge in [0.1, 0.15) is 5.75 Å². The fourth-order valence-corrected chi connectivity index (χ4v) is 0.895. The molecule has 1 aromatic rings. The first-order valence-corrected chi connectivity index (χ1v) is 3.95. The van der Waals surface area contributed by atoms with Crippen molar-refractivity contribution >= 4 is 29.2 Å². The summed E-state index contributed by atoms with van der Waals surface area (Å²) in [5, 5.41) is 0. The van der Waals surface area contributed by atoms with Crippen molar-refractivity contribution < 1.29 is 34.3 Å².